The first kappa shape index (κ1) is 13.7. The van der Waals surface area contributed by atoms with Gasteiger partial charge >= 0.3 is 5.92 Å². The lowest BCUT2D eigenvalue weighted by Gasteiger charge is -2.18. The number of ketones is 1. The van der Waals surface area contributed by atoms with Crippen molar-refractivity contribution < 1.29 is 18.3 Å². The second-order valence-electron chi connectivity index (χ2n) is 5.06. The van der Waals surface area contributed by atoms with Crippen molar-refractivity contribution >= 4 is 5.78 Å². The van der Waals surface area contributed by atoms with Crippen molar-refractivity contribution in [2.24, 2.45) is 0 Å². The van der Waals surface area contributed by atoms with Gasteiger partial charge in [-0.1, -0.05) is 42.5 Å². The molecule has 0 atom stereocenters. The molecule has 2 nitrogen and oxygen atoms in total. The zero-order chi connectivity index (χ0) is 14.9. The number of halogens is 2. The number of fused-ring (bicyclic) bond motifs is 1. The van der Waals surface area contributed by atoms with Gasteiger partial charge in [0.1, 0.15) is 5.75 Å². The van der Waals surface area contributed by atoms with E-state index < -0.39 is 12.5 Å². The number of benzene rings is 2. The molecule has 0 saturated carbocycles. The second kappa shape index (κ2) is 5.28. The van der Waals surface area contributed by atoms with E-state index in [9.17, 15) is 13.6 Å². The molecule has 2 aromatic rings. The van der Waals surface area contributed by atoms with Crippen LogP contribution in [-0.2, 0) is 12.3 Å². The van der Waals surface area contributed by atoms with Gasteiger partial charge in [-0.3, -0.25) is 4.79 Å². The lowest BCUT2D eigenvalue weighted by molar-refractivity contribution is -0.0469. The molecule has 3 rings (SSSR count). The van der Waals surface area contributed by atoms with Gasteiger partial charge < -0.3 is 4.74 Å². The van der Waals surface area contributed by atoms with Gasteiger partial charge in [-0.2, -0.15) is 8.78 Å². The van der Waals surface area contributed by atoms with E-state index in [1.54, 1.807) is 36.4 Å². The van der Waals surface area contributed by atoms with E-state index in [0.717, 1.165) is 5.56 Å². The van der Waals surface area contributed by atoms with Crippen LogP contribution < -0.4 is 4.74 Å². The van der Waals surface area contributed by atoms with Crippen LogP contribution in [-0.4, -0.2) is 12.4 Å². The molecule has 0 amide bonds. The van der Waals surface area contributed by atoms with E-state index in [4.69, 9.17) is 4.74 Å². The van der Waals surface area contributed by atoms with Crippen LogP contribution in [0.5, 0.6) is 5.75 Å². The van der Waals surface area contributed by atoms with Gasteiger partial charge in [0.05, 0.1) is 0 Å². The molecule has 0 fully saturated rings. The average Bonchev–Trinajstić information content (AvgIpc) is 2.88. The Morgan fingerprint density at radius 3 is 2.52 bits per heavy atom. The van der Waals surface area contributed by atoms with Crippen molar-refractivity contribution in [2.75, 3.05) is 6.61 Å². The Kier molecular flexibility index (Phi) is 3.45. The van der Waals surface area contributed by atoms with Gasteiger partial charge in [-0.25, -0.2) is 0 Å². The molecular weight excluding hydrogens is 274 g/mol. The van der Waals surface area contributed by atoms with E-state index in [-0.39, 0.29) is 11.3 Å². The SMILES string of the molecule is O=C1CCc2c(OCC(F)(F)c3ccccc3)cccc21. The average molecular weight is 288 g/mol. The normalized spacial score (nSPS) is 14.1. The smallest absolute Gasteiger partial charge is 0.306 e. The fraction of sp³-hybridized carbons (Fsp3) is 0.235. The second-order valence-corrected chi connectivity index (χ2v) is 5.06. The summed E-state index contributed by atoms with van der Waals surface area (Å²) in [4.78, 5) is 11.6. The van der Waals surface area contributed by atoms with Crippen LogP contribution in [0.25, 0.3) is 0 Å². The van der Waals surface area contributed by atoms with Gasteiger partial charge in [-0.15, -0.1) is 0 Å². The van der Waals surface area contributed by atoms with Crippen LogP contribution in [0.2, 0.25) is 0 Å². The summed E-state index contributed by atoms with van der Waals surface area (Å²) in [6.45, 7) is -0.734. The summed E-state index contributed by atoms with van der Waals surface area (Å²) in [6, 6.07) is 12.6. The molecule has 21 heavy (non-hydrogen) atoms. The van der Waals surface area contributed by atoms with Gasteiger partial charge in [0.2, 0.25) is 0 Å². The van der Waals surface area contributed by atoms with Crippen LogP contribution in [0.1, 0.15) is 27.9 Å². The Labute approximate surface area is 121 Å². The van der Waals surface area contributed by atoms with Crippen molar-refractivity contribution in [3.05, 3.63) is 65.2 Å². The predicted octanol–water partition coefficient (Wildman–Crippen LogP) is 3.99. The number of carbonyl (C=O) groups excluding carboxylic acids is 1. The fourth-order valence-corrected chi connectivity index (χ4v) is 2.53. The van der Waals surface area contributed by atoms with Crippen molar-refractivity contribution in [3.63, 3.8) is 0 Å². The minimum atomic E-state index is -3.06. The quantitative estimate of drug-likeness (QED) is 0.850. The maximum absolute atomic E-state index is 14.1. The molecule has 108 valence electrons. The first-order chi connectivity index (χ1) is 10.1. The summed E-state index contributed by atoms with van der Waals surface area (Å²) < 4.78 is 33.5. The van der Waals surface area contributed by atoms with Crippen molar-refractivity contribution in [3.8, 4) is 5.75 Å². The molecule has 0 aliphatic heterocycles. The van der Waals surface area contributed by atoms with Crippen molar-refractivity contribution in [1.82, 2.24) is 0 Å². The molecule has 0 N–H and O–H groups in total. The monoisotopic (exact) mass is 288 g/mol. The molecule has 0 spiro atoms. The molecule has 0 radical (unpaired) electrons. The zero-order valence-corrected chi connectivity index (χ0v) is 11.3. The molecule has 0 saturated heterocycles. The van der Waals surface area contributed by atoms with Crippen LogP contribution in [0.4, 0.5) is 8.78 Å². The maximum atomic E-state index is 14.1. The molecule has 0 unspecified atom stereocenters. The summed E-state index contributed by atoms with van der Waals surface area (Å²) >= 11 is 0. The predicted molar refractivity (Wildman–Crippen MR) is 74.9 cm³/mol. The van der Waals surface area contributed by atoms with E-state index >= 15 is 0 Å². The number of ether oxygens (including phenoxy) is 1. The largest absolute Gasteiger partial charge is 0.487 e. The summed E-state index contributed by atoms with van der Waals surface area (Å²) in [7, 11) is 0. The summed E-state index contributed by atoms with van der Waals surface area (Å²) in [6.07, 6.45) is 0.978. The summed E-state index contributed by atoms with van der Waals surface area (Å²) in [5.41, 5.74) is 1.26. The third-order valence-electron chi connectivity index (χ3n) is 3.64. The summed E-state index contributed by atoms with van der Waals surface area (Å²) in [5.74, 6) is -2.63. The van der Waals surface area contributed by atoms with Crippen LogP contribution in [0.15, 0.2) is 48.5 Å². The summed E-state index contributed by atoms with van der Waals surface area (Å²) in [5, 5.41) is 0. The third-order valence-corrected chi connectivity index (χ3v) is 3.64. The molecular formula is C17H14F2O2. The first-order valence-electron chi connectivity index (χ1n) is 6.79. The topological polar surface area (TPSA) is 26.3 Å². The zero-order valence-electron chi connectivity index (χ0n) is 11.3. The van der Waals surface area contributed by atoms with E-state index in [2.05, 4.69) is 0 Å². The fourth-order valence-electron chi connectivity index (χ4n) is 2.53. The Morgan fingerprint density at radius 2 is 1.76 bits per heavy atom. The highest BCUT2D eigenvalue weighted by Gasteiger charge is 2.33. The molecule has 0 heterocycles. The van der Waals surface area contributed by atoms with Gasteiger partial charge in [0, 0.05) is 23.1 Å². The van der Waals surface area contributed by atoms with Gasteiger partial charge in [0.15, 0.2) is 12.4 Å². The van der Waals surface area contributed by atoms with Crippen LogP contribution in [0.3, 0.4) is 0 Å². The molecule has 1 aliphatic carbocycles. The third kappa shape index (κ3) is 2.66. The Balaban J connectivity index is 1.79. The highest BCUT2D eigenvalue weighted by molar-refractivity contribution is 6.01. The molecule has 0 aromatic heterocycles. The minimum absolute atomic E-state index is 0.0465. The Hall–Kier alpha value is -2.23. The molecule has 4 heteroatoms. The number of rotatable bonds is 4. The Morgan fingerprint density at radius 1 is 1.00 bits per heavy atom. The molecule has 0 bridgehead atoms. The highest BCUT2D eigenvalue weighted by atomic mass is 19.3. The van der Waals surface area contributed by atoms with Crippen LogP contribution >= 0.6 is 0 Å². The van der Waals surface area contributed by atoms with E-state index in [1.807, 2.05) is 0 Å². The first-order valence-corrected chi connectivity index (χ1v) is 6.79. The lowest BCUT2D eigenvalue weighted by Crippen LogP contribution is -2.23. The number of alkyl halides is 2. The van der Waals surface area contributed by atoms with Crippen molar-refractivity contribution in [2.45, 2.75) is 18.8 Å². The maximum Gasteiger partial charge on any atom is 0.306 e. The number of Topliss-reactive ketones (excluding diaryl/α,β-unsaturated/α-hetero) is 1. The van der Waals surface area contributed by atoms with Crippen LogP contribution in [0, 0.1) is 0 Å². The Bertz CT molecular complexity index is 666. The standard InChI is InChI=1S/C17H14F2O2/c18-17(19,12-5-2-1-3-6-12)11-21-16-8-4-7-13-14(16)9-10-15(13)20/h1-8H,9-11H2. The van der Waals surface area contributed by atoms with E-state index in [1.165, 1.54) is 12.1 Å². The lowest BCUT2D eigenvalue weighted by atomic mass is 10.1. The highest BCUT2D eigenvalue weighted by Crippen LogP contribution is 2.33. The van der Waals surface area contributed by atoms with Crippen molar-refractivity contribution in [1.29, 1.82) is 0 Å². The number of hydrogen-bond donors (Lipinski definition) is 0. The molecule has 1 aliphatic rings. The van der Waals surface area contributed by atoms with Gasteiger partial charge in [-0.05, 0) is 12.5 Å². The number of carbonyl (C=O) groups is 1. The minimum Gasteiger partial charge on any atom is -0.487 e. The van der Waals surface area contributed by atoms with Gasteiger partial charge in [0.25, 0.3) is 0 Å². The molecule has 2 aromatic carbocycles. The van der Waals surface area contributed by atoms with E-state index in [0.29, 0.717) is 24.2 Å². The number of hydrogen-bond acceptors (Lipinski definition) is 2.